The Labute approximate surface area is 288 Å². The Morgan fingerprint density at radius 2 is 1.70 bits per heavy atom. The molecule has 0 aliphatic carbocycles. The number of hydrogen-bond donors (Lipinski definition) is 4. The molecule has 0 spiro atoms. The zero-order chi connectivity index (χ0) is 35.2. The smallest absolute Gasteiger partial charge is 0.407 e. The minimum atomic E-state index is -0.655. The Kier molecular flexibility index (Phi) is 10.3. The van der Waals surface area contributed by atoms with E-state index >= 15 is 0 Å². The third-order valence-corrected chi connectivity index (χ3v) is 8.61. The van der Waals surface area contributed by atoms with Crippen molar-refractivity contribution in [2.45, 2.75) is 46.4 Å². The van der Waals surface area contributed by atoms with E-state index in [4.69, 9.17) is 9.72 Å². The van der Waals surface area contributed by atoms with Gasteiger partial charge in [-0.3, -0.25) is 14.4 Å². The van der Waals surface area contributed by atoms with Gasteiger partial charge in [0.2, 0.25) is 18.2 Å². The highest BCUT2D eigenvalue weighted by Gasteiger charge is 2.22. The highest BCUT2D eigenvalue weighted by molar-refractivity contribution is 6.07. The van der Waals surface area contributed by atoms with Gasteiger partial charge in [0.15, 0.2) is 0 Å². The van der Waals surface area contributed by atoms with Crippen molar-refractivity contribution in [3.8, 4) is 28.1 Å². The molecule has 0 radical (unpaired) electrons. The lowest BCUT2D eigenvalue weighted by Gasteiger charge is -2.22. The number of carbonyl (C=O) groups is 4. The second-order valence-corrected chi connectivity index (χ2v) is 12.1. The number of benzene rings is 3. The van der Waals surface area contributed by atoms with Crippen LogP contribution in [0.15, 0.2) is 48.7 Å². The monoisotopic (exact) mass is 680 g/mol. The number of ether oxygens (including phenoxy) is 2. The van der Waals surface area contributed by atoms with Crippen LogP contribution in [0.25, 0.3) is 44.2 Å². The van der Waals surface area contributed by atoms with Crippen LogP contribution in [0.5, 0.6) is 5.75 Å². The van der Waals surface area contributed by atoms with Crippen LogP contribution in [0.4, 0.5) is 4.79 Å². The molecule has 3 aromatic carbocycles. The van der Waals surface area contributed by atoms with Gasteiger partial charge in [0.05, 0.1) is 49.7 Å². The number of alkyl carbamates (subject to hydrolysis) is 1. The van der Waals surface area contributed by atoms with E-state index in [1.165, 1.54) is 7.11 Å². The van der Waals surface area contributed by atoms with Gasteiger partial charge in [0.1, 0.15) is 30.5 Å². The lowest BCUT2D eigenvalue weighted by molar-refractivity contribution is -0.132. The molecule has 2 aromatic heterocycles. The molecule has 14 heteroatoms. The van der Waals surface area contributed by atoms with Crippen molar-refractivity contribution in [2.75, 3.05) is 33.3 Å². The van der Waals surface area contributed by atoms with E-state index in [-0.39, 0.29) is 31.4 Å². The minimum Gasteiger partial charge on any atom is -0.488 e. The van der Waals surface area contributed by atoms with Crippen molar-refractivity contribution in [1.29, 1.82) is 0 Å². The maximum atomic E-state index is 12.8. The summed E-state index contributed by atoms with van der Waals surface area (Å²) in [5.41, 5.74) is 6.53. The Hall–Kier alpha value is -5.92. The van der Waals surface area contributed by atoms with Crippen LogP contribution in [0, 0.1) is 0 Å². The average Bonchev–Trinajstić information content (AvgIpc) is 3.78. The summed E-state index contributed by atoms with van der Waals surface area (Å²) in [6.45, 7) is 5.83. The number of methoxy groups -OCH3 is 1. The SMILES string of the molecule is CCCN(Cc1ncc(-c2ccc3c(c2)COc2cc4c(ccc5[nH]c(CN(CCC)C(=O)CNC(=O)OC)nc54)cc2-3)[nH]1)C(=O)CNC=O. The molecule has 0 atom stereocenters. The minimum absolute atomic E-state index is 0.0504. The van der Waals surface area contributed by atoms with E-state index in [0.717, 1.165) is 68.3 Å². The fraction of sp³-hybridized carbons (Fsp3) is 0.333. The molecule has 0 saturated heterocycles. The number of aromatic amines is 2. The highest BCUT2D eigenvalue weighted by Crippen LogP contribution is 2.42. The van der Waals surface area contributed by atoms with Gasteiger partial charge in [-0.2, -0.15) is 0 Å². The van der Waals surface area contributed by atoms with Gasteiger partial charge in [0.25, 0.3) is 0 Å². The van der Waals surface area contributed by atoms with Gasteiger partial charge in [-0.25, -0.2) is 14.8 Å². The van der Waals surface area contributed by atoms with Crippen LogP contribution in [-0.2, 0) is 38.8 Å². The second kappa shape index (κ2) is 15.1. The predicted octanol–water partition coefficient (Wildman–Crippen LogP) is 4.24. The first kappa shape index (κ1) is 34.0. The molecule has 260 valence electrons. The third kappa shape index (κ3) is 7.23. The van der Waals surface area contributed by atoms with E-state index in [9.17, 15) is 19.2 Å². The number of H-pyrrole nitrogens is 2. The molecule has 3 heterocycles. The summed E-state index contributed by atoms with van der Waals surface area (Å²) in [5, 5.41) is 6.83. The molecule has 4 N–H and O–H groups in total. The van der Waals surface area contributed by atoms with Gasteiger partial charge in [0, 0.05) is 24.0 Å². The molecule has 50 heavy (non-hydrogen) atoms. The topological polar surface area (TPSA) is 175 Å². The summed E-state index contributed by atoms with van der Waals surface area (Å²) in [5.74, 6) is 1.67. The summed E-state index contributed by atoms with van der Waals surface area (Å²) in [4.78, 5) is 66.9. The molecule has 1 aliphatic rings. The molecule has 0 bridgehead atoms. The zero-order valence-electron chi connectivity index (χ0n) is 28.3. The van der Waals surface area contributed by atoms with Crippen molar-refractivity contribution >= 4 is 46.1 Å². The lowest BCUT2D eigenvalue weighted by atomic mass is 9.92. The Morgan fingerprint density at radius 3 is 2.44 bits per heavy atom. The van der Waals surface area contributed by atoms with Gasteiger partial charge in [-0.05, 0) is 59.2 Å². The second-order valence-electron chi connectivity index (χ2n) is 12.1. The number of imidazole rings is 2. The standard InChI is InChI=1S/C36H40N8O6/c1-4-10-43(33(46)16-37-21-45)18-31-38-15-29(41-31)23-6-8-25-24(12-23)20-50-30-14-26-22(13-27(25)30)7-9-28-35(26)42-32(40-28)19-44(11-5-2)34(47)17-39-36(48)49-3/h6-9,12-15,21H,4-5,10-11,16-20H2,1-3H3,(H,37,45)(H,38,41)(H,39,48)(H,40,42). The van der Waals surface area contributed by atoms with Crippen molar-refractivity contribution < 1.29 is 28.7 Å². The number of aromatic nitrogens is 4. The number of nitrogens with zero attached hydrogens (tertiary/aromatic N) is 4. The molecular formula is C36H40N8O6. The van der Waals surface area contributed by atoms with Crippen LogP contribution in [-0.4, -0.2) is 87.3 Å². The number of hydrogen-bond acceptors (Lipinski definition) is 8. The summed E-state index contributed by atoms with van der Waals surface area (Å²) in [7, 11) is 1.26. The predicted molar refractivity (Wildman–Crippen MR) is 187 cm³/mol. The van der Waals surface area contributed by atoms with Gasteiger partial charge in [-0.15, -0.1) is 0 Å². The van der Waals surface area contributed by atoms with Crippen LogP contribution in [0.3, 0.4) is 0 Å². The normalized spacial score (nSPS) is 11.7. The summed E-state index contributed by atoms with van der Waals surface area (Å²) in [6, 6.07) is 14.4. The first-order chi connectivity index (χ1) is 24.3. The maximum absolute atomic E-state index is 12.8. The van der Waals surface area contributed by atoms with Crippen molar-refractivity contribution in [2.24, 2.45) is 0 Å². The Balaban J connectivity index is 1.22. The van der Waals surface area contributed by atoms with Crippen molar-refractivity contribution in [3.63, 3.8) is 0 Å². The molecule has 0 saturated carbocycles. The van der Waals surface area contributed by atoms with E-state index < -0.39 is 6.09 Å². The molecule has 5 aromatic rings. The molecule has 4 amide bonds. The number of amides is 4. The lowest BCUT2D eigenvalue weighted by Crippen LogP contribution is -2.40. The van der Waals surface area contributed by atoms with Crippen molar-refractivity contribution in [1.82, 2.24) is 40.4 Å². The van der Waals surface area contributed by atoms with Crippen LogP contribution in [0.2, 0.25) is 0 Å². The van der Waals surface area contributed by atoms with E-state index in [0.29, 0.717) is 44.3 Å². The van der Waals surface area contributed by atoms with Gasteiger partial charge >= 0.3 is 6.09 Å². The molecule has 0 unspecified atom stereocenters. The number of carbonyl (C=O) groups excluding carboxylic acids is 4. The van der Waals surface area contributed by atoms with Crippen molar-refractivity contribution in [3.05, 3.63) is 65.9 Å². The van der Waals surface area contributed by atoms with Crippen LogP contribution >= 0.6 is 0 Å². The van der Waals surface area contributed by atoms with Crippen LogP contribution in [0.1, 0.15) is 43.9 Å². The molecule has 0 fully saturated rings. The molecule has 6 rings (SSSR count). The van der Waals surface area contributed by atoms with E-state index in [2.05, 4.69) is 48.5 Å². The molecular weight excluding hydrogens is 640 g/mol. The fourth-order valence-electron chi connectivity index (χ4n) is 6.23. The average molecular weight is 681 g/mol. The Bertz CT molecular complexity index is 2050. The summed E-state index contributed by atoms with van der Waals surface area (Å²) in [6.07, 6.45) is 3.17. The molecule has 1 aliphatic heterocycles. The number of rotatable bonds is 14. The maximum Gasteiger partial charge on any atom is 0.407 e. The van der Waals surface area contributed by atoms with Gasteiger partial charge < -0.3 is 39.9 Å². The first-order valence-corrected chi connectivity index (χ1v) is 16.6. The van der Waals surface area contributed by atoms with Gasteiger partial charge in [-0.1, -0.05) is 32.0 Å². The largest absolute Gasteiger partial charge is 0.488 e. The zero-order valence-corrected chi connectivity index (χ0v) is 28.3. The first-order valence-electron chi connectivity index (χ1n) is 16.6. The summed E-state index contributed by atoms with van der Waals surface area (Å²) < 4.78 is 10.9. The van der Waals surface area contributed by atoms with Crippen LogP contribution < -0.4 is 15.4 Å². The number of nitrogens with one attached hydrogen (secondary N) is 4. The van der Waals surface area contributed by atoms with E-state index in [1.54, 1.807) is 16.0 Å². The Morgan fingerprint density at radius 1 is 0.940 bits per heavy atom. The number of fused-ring (bicyclic) bond motifs is 6. The van der Waals surface area contributed by atoms with E-state index in [1.807, 2.05) is 38.1 Å². The molecule has 14 nitrogen and oxygen atoms in total. The highest BCUT2D eigenvalue weighted by atomic mass is 16.5. The fourth-order valence-corrected chi connectivity index (χ4v) is 6.23. The quantitative estimate of drug-likeness (QED) is 0.126. The summed E-state index contributed by atoms with van der Waals surface area (Å²) >= 11 is 0. The third-order valence-electron chi connectivity index (χ3n) is 8.61.